The Hall–Kier alpha value is -2.71. The number of carbonyl (C=O) groups excluding carboxylic acids is 2. The summed E-state index contributed by atoms with van der Waals surface area (Å²) < 4.78 is 9.69. The van der Waals surface area contributed by atoms with E-state index in [9.17, 15) is 9.59 Å². The highest BCUT2D eigenvalue weighted by atomic mass is 32.2. The van der Waals surface area contributed by atoms with E-state index >= 15 is 0 Å². The van der Waals surface area contributed by atoms with Gasteiger partial charge in [0.05, 0.1) is 0 Å². The molecule has 0 radical (unpaired) electrons. The van der Waals surface area contributed by atoms with Crippen LogP contribution in [-0.2, 0) is 10.5 Å². The summed E-state index contributed by atoms with van der Waals surface area (Å²) >= 11 is 2.65. The average molecular weight is 414 g/mol. The maximum atomic E-state index is 12.0. The molecule has 0 aliphatic heterocycles. The quantitative estimate of drug-likeness (QED) is 0.413. The van der Waals surface area contributed by atoms with E-state index in [1.807, 2.05) is 37.3 Å². The van der Waals surface area contributed by atoms with Gasteiger partial charge in [0.15, 0.2) is 12.4 Å². The van der Waals surface area contributed by atoms with Crippen LogP contribution in [0.3, 0.4) is 0 Å². The van der Waals surface area contributed by atoms with Crippen molar-refractivity contribution in [2.75, 3.05) is 11.9 Å². The van der Waals surface area contributed by atoms with Crippen LogP contribution >= 0.6 is 23.3 Å². The fraction of sp³-hybridized carbons (Fsp3) is 0.200. The molecule has 0 fully saturated rings. The number of anilines is 1. The highest BCUT2D eigenvalue weighted by Gasteiger charge is 2.10. The van der Waals surface area contributed by atoms with E-state index in [2.05, 4.69) is 14.7 Å². The second-order valence-electron chi connectivity index (χ2n) is 5.79. The van der Waals surface area contributed by atoms with Crippen LogP contribution in [0.4, 0.5) is 5.13 Å². The van der Waals surface area contributed by atoms with Crippen molar-refractivity contribution in [1.82, 2.24) is 9.36 Å². The Balaban J connectivity index is 1.45. The highest BCUT2D eigenvalue weighted by molar-refractivity contribution is 7.98. The normalized spacial score (nSPS) is 10.5. The van der Waals surface area contributed by atoms with Crippen molar-refractivity contribution in [3.05, 3.63) is 65.7 Å². The zero-order valence-corrected chi connectivity index (χ0v) is 16.9. The number of thioether (sulfide) groups is 1. The standard InChI is InChI=1S/C20H19N3O3S2/c1-2-17(24)15-8-10-16(11-9-15)26-12-18(25)21-19-22-20(23-28-19)27-13-14-6-4-3-5-7-14/h3-11H,2,12-13H2,1H3,(H,21,22,23,25). The van der Waals surface area contributed by atoms with Crippen molar-refractivity contribution in [3.63, 3.8) is 0 Å². The number of carbonyl (C=O) groups is 2. The third-order valence-electron chi connectivity index (χ3n) is 3.73. The van der Waals surface area contributed by atoms with E-state index in [0.717, 1.165) is 17.3 Å². The molecule has 3 rings (SSSR count). The molecule has 2 aromatic carbocycles. The van der Waals surface area contributed by atoms with Crippen molar-refractivity contribution in [3.8, 4) is 5.75 Å². The van der Waals surface area contributed by atoms with E-state index in [1.165, 1.54) is 17.3 Å². The summed E-state index contributed by atoms with van der Waals surface area (Å²) in [7, 11) is 0. The van der Waals surface area contributed by atoms with Crippen molar-refractivity contribution >= 4 is 40.1 Å². The number of hydrogen-bond acceptors (Lipinski definition) is 7. The Bertz CT molecular complexity index is 927. The molecule has 8 heteroatoms. The van der Waals surface area contributed by atoms with E-state index in [1.54, 1.807) is 24.3 Å². The minimum absolute atomic E-state index is 0.0708. The number of rotatable bonds is 9. The van der Waals surface area contributed by atoms with Crippen LogP contribution in [0, 0.1) is 0 Å². The summed E-state index contributed by atoms with van der Waals surface area (Å²) in [6.07, 6.45) is 0.454. The first-order valence-corrected chi connectivity index (χ1v) is 10.5. The Morgan fingerprint density at radius 1 is 1.11 bits per heavy atom. The lowest BCUT2D eigenvalue weighted by Gasteiger charge is -2.06. The summed E-state index contributed by atoms with van der Waals surface area (Å²) in [6, 6.07) is 16.8. The zero-order valence-electron chi connectivity index (χ0n) is 15.3. The average Bonchev–Trinajstić information content (AvgIpc) is 3.18. The van der Waals surface area contributed by atoms with Gasteiger partial charge in [-0.25, -0.2) is 0 Å². The summed E-state index contributed by atoms with van der Waals surface area (Å²) in [6.45, 7) is 1.67. The smallest absolute Gasteiger partial charge is 0.264 e. The first-order chi connectivity index (χ1) is 13.6. The number of ether oxygens (including phenoxy) is 1. The first kappa shape index (κ1) is 20.0. The molecule has 0 atom stereocenters. The fourth-order valence-electron chi connectivity index (χ4n) is 2.29. The molecule has 0 saturated heterocycles. The SMILES string of the molecule is CCC(=O)c1ccc(OCC(=O)Nc2nc(SCc3ccccc3)ns2)cc1. The summed E-state index contributed by atoms with van der Waals surface area (Å²) in [5.41, 5.74) is 1.82. The van der Waals surface area contributed by atoms with Gasteiger partial charge in [-0.2, -0.15) is 9.36 Å². The molecule has 1 amide bonds. The molecule has 0 aliphatic rings. The number of nitrogens with zero attached hydrogens (tertiary/aromatic N) is 2. The van der Waals surface area contributed by atoms with Gasteiger partial charge in [0, 0.05) is 29.3 Å². The van der Waals surface area contributed by atoms with Gasteiger partial charge < -0.3 is 4.74 Å². The molecule has 0 bridgehead atoms. The van der Waals surface area contributed by atoms with Crippen molar-refractivity contribution in [2.45, 2.75) is 24.3 Å². The number of aromatic nitrogens is 2. The molecule has 144 valence electrons. The monoisotopic (exact) mass is 413 g/mol. The zero-order chi connectivity index (χ0) is 19.8. The number of hydrogen-bond donors (Lipinski definition) is 1. The Kier molecular flexibility index (Phi) is 7.16. The minimum atomic E-state index is -0.315. The fourth-order valence-corrected chi connectivity index (χ4v) is 3.80. The largest absolute Gasteiger partial charge is 0.484 e. The van der Waals surface area contributed by atoms with Crippen molar-refractivity contribution < 1.29 is 14.3 Å². The van der Waals surface area contributed by atoms with Gasteiger partial charge in [-0.1, -0.05) is 49.0 Å². The lowest BCUT2D eigenvalue weighted by Crippen LogP contribution is -2.20. The molecule has 6 nitrogen and oxygen atoms in total. The first-order valence-electron chi connectivity index (χ1n) is 8.70. The molecule has 0 spiro atoms. The van der Waals surface area contributed by atoms with Crippen molar-refractivity contribution in [1.29, 1.82) is 0 Å². The van der Waals surface area contributed by atoms with Gasteiger partial charge in [-0.05, 0) is 29.8 Å². The van der Waals surface area contributed by atoms with Gasteiger partial charge in [0.1, 0.15) is 5.75 Å². The molecule has 0 saturated carbocycles. The summed E-state index contributed by atoms with van der Waals surface area (Å²) in [5.74, 6) is 1.05. The summed E-state index contributed by atoms with van der Waals surface area (Å²) in [4.78, 5) is 27.9. The topological polar surface area (TPSA) is 81.2 Å². The second kappa shape index (κ2) is 10.0. The molecule has 1 heterocycles. The number of ketones is 1. The van der Waals surface area contributed by atoms with E-state index in [0.29, 0.717) is 28.0 Å². The van der Waals surface area contributed by atoms with Gasteiger partial charge in [0.2, 0.25) is 10.3 Å². The maximum Gasteiger partial charge on any atom is 0.264 e. The maximum absolute atomic E-state index is 12.0. The number of nitrogens with one attached hydrogen (secondary N) is 1. The van der Waals surface area contributed by atoms with E-state index < -0.39 is 0 Å². The molecular formula is C20H19N3O3S2. The molecular weight excluding hydrogens is 394 g/mol. The third-order valence-corrected chi connectivity index (χ3v) is 5.40. The van der Waals surface area contributed by atoms with Crippen LogP contribution < -0.4 is 10.1 Å². The van der Waals surface area contributed by atoms with Crippen LogP contribution in [0.5, 0.6) is 5.75 Å². The van der Waals surface area contributed by atoms with E-state index in [4.69, 9.17) is 4.74 Å². The summed E-state index contributed by atoms with van der Waals surface area (Å²) in [5, 5.41) is 3.75. The van der Waals surface area contributed by atoms with Crippen LogP contribution in [0.15, 0.2) is 59.8 Å². The highest BCUT2D eigenvalue weighted by Crippen LogP contribution is 2.23. The van der Waals surface area contributed by atoms with Crippen LogP contribution in [0.2, 0.25) is 0 Å². The van der Waals surface area contributed by atoms with Gasteiger partial charge in [-0.3, -0.25) is 14.9 Å². The molecule has 0 unspecified atom stereocenters. The van der Waals surface area contributed by atoms with E-state index in [-0.39, 0.29) is 18.3 Å². The minimum Gasteiger partial charge on any atom is -0.484 e. The Morgan fingerprint density at radius 3 is 2.57 bits per heavy atom. The van der Waals surface area contributed by atoms with Gasteiger partial charge in [-0.15, -0.1) is 0 Å². The molecule has 28 heavy (non-hydrogen) atoms. The lowest BCUT2D eigenvalue weighted by atomic mass is 10.1. The van der Waals surface area contributed by atoms with Gasteiger partial charge >= 0.3 is 0 Å². The lowest BCUT2D eigenvalue weighted by molar-refractivity contribution is -0.118. The van der Waals surface area contributed by atoms with Crippen molar-refractivity contribution in [2.24, 2.45) is 0 Å². The third kappa shape index (κ3) is 5.90. The predicted molar refractivity (Wildman–Crippen MR) is 111 cm³/mol. The number of benzene rings is 2. The number of Topliss-reactive ketones (excluding diaryl/α,β-unsaturated/α-hetero) is 1. The van der Waals surface area contributed by atoms with Crippen LogP contribution in [0.1, 0.15) is 29.3 Å². The number of amides is 1. The molecule has 1 aromatic heterocycles. The Morgan fingerprint density at radius 2 is 1.86 bits per heavy atom. The Labute approximate surface area is 171 Å². The van der Waals surface area contributed by atoms with Gasteiger partial charge in [0.25, 0.3) is 5.91 Å². The molecule has 3 aromatic rings. The predicted octanol–water partition coefficient (Wildman–Crippen LogP) is 4.44. The van der Waals surface area contributed by atoms with Crippen LogP contribution in [0.25, 0.3) is 0 Å². The van der Waals surface area contributed by atoms with Crippen LogP contribution in [-0.4, -0.2) is 27.7 Å². The molecule has 1 N–H and O–H groups in total. The molecule has 0 aliphatic carbocycles. The second-order valence-corrected chi connectivity index (χ2v) is 7.49.